The average molecular weight is 156 g/mol. The summed E-state index contributed by atoms with van der Waals surface area (Å²) >= 11 is 0. The molecule has 0 saturated heterocycles. The fourth-order valence-corrected chi connectivity index (χ4v) is 0.901. The van der Waals surface area contributed by atoms with E-state index in [1.54, 1.807) is 6.92 Å². The third-order valence-electron chi connectivity index (χ3n) is 1.77. The minimum Gasteiger partial charge on any atom is -0.390 e. The number of carbonyl (C=O) groups is 1. The second-order valence-corrected chi connectivity index (χ2v) is 3.18. The lowest BCUT2D eigenvalue weighted by Crippen LogP contribution is -2.22. The molecule has 0 aliphatic rings. The van der Waals surface area contributed by atoms with Gasteiger partial charge >= 0.3 is 0 Å². The van der Waals surface area contributed by atoms with E-state index < -0.39 is 5.60 Å². The molecule has 0 amide bonds. The highest BCUT2D eigenvalue weighted by Gasteiger charge is 2.17. The summed E-state index contributed by atoms with van der Waals surface area (Å²) in [7, 11) is 0. The molecule has 11 heavy (non-hydrogen) atoms. The van der Waals surface area contributed by atoms with Crippen LogP contribution in [0.15, 0.2) is 11.6 Å². The van der Waals surface area contributed by atoms with Gasteiger partial charge in [-0.3, -0.25) is 4.79 Å². The highest BCUT2D eigenvalue weighted by atomic mass is 16.3. The SMILES string of the molecule is CCC(C)(O)C/C(C)=C/C=O. The number of aliphatic hydroxyl groups is 1. The summed E-state index contributed by atoms with van der Waals surface area (Å²) in [4.78, 5) is 10.0. The van der Waals surface area contributed by atoms with E-state index in [1.807, 2.05) is 13.8 Å². The zero-order chi connectivity index (χ0) is 8.91. The van der Waals surface area contributed by atoms with Crippen LogP contribution < -0.4 is 0 Å². The van der Waals surface area contributed by atoms with E-state index in [0.29, 0.717) is 12.8 Å². The number of hydrogen-bond acceptors (Lipinski definition) is 2. The van der Waals surface area contributed by atoms with Gasteiger partial charge in [0.2, 0.25) is 0 Å². The molecule has 2 nitrogen and oxygen atoms in total. The maximum absolute atomic E-state index is 10.0. The first-order chi connectivity index (χ1) is 5.02. The number of carbonyl (C=O) groups excluding carboxylic acids is 1. The molecule has 0 bridgehead atoms. The quantitative estimate of drug-likeness (QED) is 0.496. The molecule has 0 aromatic heterocycles. The maximum Gasteiger partial charge on any atom is 0.142 e. The Hall–Kier alpha value is -0.630. The largest absolute Gasteiger partial charge is 0.390 e. The number of aldehydes is 1. The summed E-state index contributed by atoms with van der Waals surface area (Å²) in [5, 5.41) is 9.56. The van der Waals surface area contributed by atoms with Gasteiger partial charge in [0.1, 0.15) is 6.29 Å². The van der Waals surface area contributed by atoms with Crippen LogP contribution in [0.25, 0.3) is 0 Å². The van der Waals surface area contributed by atoms with Crippen LogP contribution in [-0.2, 0) is 4.79 Å². The van der Waals surface area contributed by atoms with Crippen molar-refractivity contribution in [3.63, 3.8) is 0 Å². The van der Waals surface area contributed by atoms with Crippen LogP contribution in [0.1, 0.15) is 33.6 Å². The molecule has 1 atom stereocenters. The van der Waals surface area contributed by atoms with Gasteiger partial charge in [0.05, 0.1) is 5.60 Å². The second kappa shape index (κ2) is 4.29. The first kappa shape index (κ1) is 10.4. The Bertz CT molecular complexity index is 157. The normalized spacial score (nSPS) is 17.6. The molecule has 0 aromatic rings. The number of rotatable bonds is 4. The highest BCUT2D eigenvalue weighted by Crippen LogP contribution is 2.18. The van der Waals surface area contributed by atoms with Crippen LogP contribution in [0, 0.1) is 0 Å². The predicted molar refractivity (Wildman–Crippen MR) is 45.4 cm³/mol. The lowest BCUT2D eigenvalue weighted by molar-refractivity contribution is -0.104. The molecular formula is C9H16O2. The van der Waals surface area contributed by atoms with Crippen molar-refractivity contribution in [1.29, 1.82) is 0 Å². The molecule has 1 N–H and O–H groups in total. The van der Waals surface area contributed by atoms with Crippen molar-refractivity contribution in [2.24, 2.45) is 0 Å². The smallest absolute Gasteiger partial charge is 0.142 e. The van der Waals surface area contributed by atoms with Gasteiger partial charge in [-0.15, -0.1) is 0 Å². The van der Waals surface area contributed by atoms with E-state index in [4.69, 9.17) is 0 Å². The van der Waals surface area contributed by atoms with Crippen molar-refractivity contribution >= 4 is 6.29 Å². The van der Waals surface area contributed by atoms with Crippen LogP contribution in [0.2, 0.25) is 0 Å². The second-order valence-electron chi connectivity index (χ2n) is 3.18. The van der Waals surface area contributed by atoms with E-state index >= 15 is 0 Å². The van der Waals surface area contributed by atoms with Crippen LogP contribution >= 0.6 is 0 Å². The summed E-state index contributed by atoms with van der Waals surface area (Å²) in [6.07, 6.45) is 3.52. The monoisotopic (exact) mass is 156 g/mol. The van der Waals surface area contributed by atoms with Gasteiger partial charge in [0.25, 0.3) is 0 Å². The van der Waals surface area contributed by atoms with Gasteiger partial charge in [0, 0.05) is 0 Å². The number of hydrogen-bond donors (Lipinski definition) is 1. The molecule has 0 saturated carbocycles. The maximum atomic E-state index is 10.0. The van der Waals surface area contributed by atoms with E-state index in [1.165, 1.54) is 6.08 Å². The van der Waals surface area contributed by atoms with Crippen molar-refractivity contribution in [1.82, 2.24) is 0 Å². The summed E-state index contributed by atoms with van der Waals surface area (Å²) in [6, 6.07) is 0. The lowest BCUT2D eigenvalue weighted by atomic mass is 9.95. The van der Waals surface area contributed by atoms with Crippen LogP contribution in [0.4, 0.5) is 0 Å². The molecule has 0 spiro atoms. The van der Waals surface area contributed by atoms with Crippen molar-refractivity contribution < 1.29 is 9.90 Å². The van der Waals surface area contributed by atoms with Crippen molar-refractivity contribution in [3.05, 3.63) is 11.6 Å². The van der Waals surface area contributed by atoms with Gasteiger partial charge in [-0.2, -0.15) is 0 Å². The Morgan fingerprint density at radius 3 is 2.55 bits per heavy atom. The first-order valence-electron chi connectivity index (χ1n) is 3.85. The Kier molecular flexibility index (Phi) is 4.04. The van der Waals surface area contributed by atoms with Gasteiger partial charge in [0.15, 0.2) is 0 Å². The van der Waals surface area contributed by atoms with Crippen molar-refractivity contribution in [2.45, 2.75) is 39.2 Å². The predicted octanol–water partition coefficient (Wildman–Crippen LogP) is 1.68. The fraction of sp³-hybridized carbons (Fsp3) is 0.667. The molecular weight excluding hydrogens is 140 g/mol. The summed E-state index contributed by atoms with van der Waals surface area (Å²) in [5.41, 5.74) is 0.260. The molecule has 0 heterocycles. The van der Waals surface area contributed by atoms with Gasteiger partial charge in [-0.1, -0.05) is 12.5 Å². The van der Waals surface area contributed by atoms with Crippen LogP contribution in [0.5, 0.6) is 0 Å². The summed E-state index contributed by atoms with van der Waals surface area (Å²) in [5.74, 6) is 0. The Morgan fingerprint density at radius 1 is 1.64 bits per heavy atom. The van der Waals surface area contributed by atoms with E-state index in [0.717, 1.165) is 11.9 Å². The lowest BCUT2D eigenvalue weighted by Gasteiger charge is -2.20. The molecule has 1 unspecified atom stereocenters. The molecule has 0 radical (unpaired) electrons. The highest BCUT2D eigenvalue weighted by molar-refractivity contribution is 5.65. The van der Waals surface area contributed by atoms with E-state index in [2.05, 4.69) is 0 Å². The molecule has 2 heteroatoms. The zero-order valence-corrected chi connectivity index (χ0v) is 7.42. The van der Waals surface area contributed by atoms with E-state index in [9.17, 15) is 9.90 Å². The molecule has 0 aliphatic heterocycles. The van der Waals surface area contributed by atoms with Crippen LogP contribution in [-0.4, -0.2) is 17.0 Å². The summed E-state index contributed by atoms with van der Waals surface area (Å²) in [6.45, 7) is 5.54. The minimum absolute atomic E-state index is 0.572. The third kappa shape index (κ3) is 4.73. The molecule has 0 aliphatic carbocycles. The average Bonchev–Trinajstić information content (AvgIpc) is 1.87. The topological polar surface area (TPSA) is 37.3 Å². The van der Waals surface area contributed by atoms with Crippen molar-refractivity contribution in [3.8, 4) is 0 Å². The number of allylic oxidation sites excluding steroid dienone is 1. The minimum atomic E-state index is -0.663. The first-order valence-corrected chi connectivity index (χ1v) is 3.85. The molecule has 0 fully saturated rings. The van der Waals surface area contributed by atoms with Gasteiger partial charge < -0.3 is 5.11 Å². The van der Waals surface area contributed by atoms with Gasteiger partial charge in [-0.25, -0.2) is 0 Å². The fourth-order valence-electron chi connectivity index (χ4n) is 0.901. The summed E-state index contributed by atoms with van der Waals surface area (Å²) < 4.78 is 0. The van der Waals surface area contributed by atoms with Gasteiger partial charge in [-0.05, 0) is 32.8 Å². The standard InChI is InChI=1S/C9H16O2/c1-4-9(3,11)7-8(2)5-6-10/h5-6,11H,4,7H2,1-3H3/b8-5+. The molecule has 0 aromatic carbocycles. The van der Waals surface area contributed by atoms with Crippen molar-refractivity contribution in [2.75, 3.05) is 0 Å². The third-order valence-corrected chi connectivity index (χ3v) is 1.77. The molecule has 64 valence electrons. The zero-order valence-electron chi connectivity index (χ0n) is 7.42. The van der Waals surface area contributed by atoms with Crippen LogP contribution in [0.3, 0.4) is 0 Å². The van der Waals surface area contributed by atoms with E-state index in [-0.39, 0.29) is 0 Å². The molecule has 0 rings (SSSR count). The Balaban J connectivity index is 4.02. The Labute approximate surface area is 67.9 Å². The Morgan fingerprint density at radius 2 is 2.18 bits per heavy atom.